The summed E-state index contributed by atoms with van der Waals surface area (Å²) in [5.41, 5.74) is 2.88. The molecule has 11 nitrogen and oxygen atoms in total. The molecule has 2 amide bonds. The van der Waals surface area contributed by atoms with E-state index in [2.05, 4.69) is 32.2 Å². The van der Waals surface area contributed by atoms with E-state index in [0.29, 0.717) is 58.2 Å². The minimum Gasteiger partial charge on any atom is -0.488 e. The Kier molecular flexibility index (Phi) is 14.1. The van der Waals surface area contributed by atoms with E-state index in [0.717, 1.165) is 50.2 Å². The molecule has 0 bridgehead atoms. The highest BCUT2D eigenvalue weighted by atomic mass is 19.1. The van der Waals surface area contributed by atoms with Crippen LogP contribution in [0.3, 0.4) is 0 Å². The number of aliphatic carboxylic acids is 1. The molecule has 0 unspecified atom stereocenters. The summed E-state index contributed by atoms with van der Waals surface area (Å²) in [5.74, 6) is -0.697. The molecule has 1 saturated heterocycles. The first-order valence-corrected chi connectivity index (χ1v) is 16.8. The molecule has 2 aromatic rings. The van der Waals surface area contributed by atoms with Crippen LogP contribution in [0.15, 0.2) is 30.3 Å². The monoisotopic (exact) mass is 658 g/mol. The van der Waals surface area contributed by atoms with Crippen molar-refractivity contribution in [1.82, 2.24) is 14.8 Å². The Balaban J connectivity index is 1.18. The van der Waals surface area contributed by atoms with Gasteiger partial charge in [0.1, 0.15) is 12.4 Å². The molecule has 2 aliphatic heterocycles. The first-order chi connectivity index (χ1) is 22.6. The molecule has 0 spiro atoms. The van der Waals surface area contributed by atoms with Crippen LogP contribution in [0.5, 0.6) is 5.75 Å². The van der Waals surface area contributed by atoms with Gasteiger partial charge in [0.05, 0.1) is 45.5 Å². The molecule has 0 saturated carbocycles. The van der Waals surface area contributed by atoms with Gasteiger partial charge in [0.15, 0.2) is 11.6 Å². The molecule has 2 aliphatic rings. The maximum Gasteiger partial charge on any atom is 0.320 e. The zero-order valence-electron chi connectivity index (χ0n) is 28.1. The Hall–Kier alpha value is -3.48. The third-order valence-corrected chi connectivity index (χ3v) is 8.25. The fourth-order valence-corrected chi connectivity index (χ4v) is 5.60. The number of nitrogens with zero attached hydrogens (tertiary/aromatic N) is 3. The molecule has 2 N–H and O–H groups in total. The lowest BCUT2D eigenvalue weighted by atomic mass is 9.93. The summed E-state index contributed by atoms with van der Waals surface area (Å²) in [6, 6.07) is 7.48. The number of aryl methyl sites for hydroxylation is 2. The Bertz CT molecular complexity index is 1310. The Labute approximate surface area is 277 Å². The number of rotatable bonds is 20. The third kappa shape index (κ3) is 11.9. The predicted molar refractivity (Wildman–Crippen MR) is 176 cm³/mol. The van der Waals surface area contributed by atoms with Crippen LogP contribution in [0, 0.1) is 11.2 Å². The summed E-state index contributed by atoms with van der Waals surface area (Å²) in [7, 11) is 0. The van der Waals surface area contributed by atoms with Crippen molar-refractivity contribution in [3.63, 3.8) is 0 Å². The summed E-state index contributed by atoms with van der Waals surface area (Å²) in [4.78, 5) is 33.1. The zero-order chi connectivity index (χ0) is 33.6. The number of nitrogens with one attached hydrogen (secondary N) is 1. The number of amides is 2. The smallest absolute Gasteiger partial charge is 0.320 e. The number of pyridine rings is 1. The summed E-state index contributed by atoms with van der Waals surface area (Å²) >= 11 is 0. The van der Waals surface area contributed by atoms with Crippen LogP contribution >= 0.6 is 0 Å². The van der Waals surface area contributed by atoms with E-state index in [9.17, 15) is 14.7 Å². The fraction of sp³-hybridized carbons (Fsp3) is 0.629. The van der Waals surface area contributed by atoms with E-state index in [1.54, 1.807) is 11.0 Å². The molecule has 1 fully saturated rings. The number of carbonyl (C=O) groups is 2. The number of anilines is 1. The highest BCUT2D eigenvalue weighted by Crippen LogP contribution is 2.31. The van der Waals surface area contributed by atoms with E-state index < -0.39 is 17.8 Å². The van der Waals surface area contributed by atoms with E-state index in [1.807, 2.05) is 6.07 Å². The Morgan fingerprint density at radius 2 is 1.74 bits per heavy atom. The van der Waals surface area contributed by atoms with Gasteiger partial charge >= 0.3 is 12.0 Å². The first kappa shape index (κ1) is 36.4. The van der Waals surface area contributed by atoms with E-state index in [-0.39, 0.29) is 36.8 Å². The highest BCUT2D eigenvalue weighted by Gasteiger charge is 2.35. The van der Waals surface area contributed by atoms with Gasteiger partial charge in [-0.25, -0.2) is 14.2 Å². The molecule has 12 heteroatoms. The van der Waals surface area contributed by atoms with Crippen LogP contribution in [0.2, 0.25) is 0 Å². The topological polar surface area (TPSA) is 123 Å². The van der Waals surface area contributed by atoms with Crippen molar-refractivity contribution in [1.29, 1.82) is 0 Å². The van der Waals surface area contributed by atoms with Crippen LogP contribution in [0.1, 0.15) is 69.3 Å². The molecule has 0 aliphatic carbocycles. The number of hydrogen-bond donors (Lipinski definition) is 2. The van der Waals surface area contributed by atoms with Crippen molar-refractivity contribution in [2.75, 3.05) is 77.7 Å². The van der Waals surface area contributed by atoms with Gasteiger partial charge in [0.25, 0.3) is 0 Å². The second-order valence-corrected chi connectivity index (χ2v) is 13.2. The zero-order valence-corrected chi connectivity index (χ0v) is 28.1. The minimum absolute atomic E-state index is 0.0374. The second kappa shape index (κ2) is 18.2. The minimum atomic E-state index is -1.07. The molecule has 1 atom stereocenters. The summed E-state index contributed by atoms with van der Waals surface area (Å²) in [6.07, 6.45) is 4.27. The average Bonchev–Trinajstić information content (AvgIpc) is 3.39. The van der Waals surface area contributed by atoms with Gasteiger partial charge in [0, 0.05) is 38.5 Å². The quantitative estimate of drug-likeness (QED) is 0.182. The maximum absolute atomic E-state index is 15.0. The van der Waals surface area contributed by atoms with Crippen LogP contribution < -0.4 is 10.1 Å². The maximum atomic E-state index is 15.0. The van der Waals surface area contributed by atoms with E-state index in [1.165, 1.54) is 22.6 Å². The number of halogens is 1. The number of carbonyl (C=O) groups excluding carboxylic acids is 1. The number of ether oxygens (including phenoxy) is 4. The van der Waals surface area contributed by atoms with Crippen molar-refractivity contribution in [2.24, 2.45) is 5.41 Å². The van der Waals surface area contributed by atoms with Gasteiger partial charge < -0.3 is 39.2 Å². The van der Waals surface area contributed by atoms with Crippen molar-refractivity contribution < 1.29 is 38.0 Å². The third-order valence-electron chi connectivity index (χ3n) is 8.25. The molecule has 47 heavy (non-hydrogen) atoms. The van der Waals surface area contributed by atoms with Crippen molar-refractivity contribution >= 4 is 17.8 Å². The van der Waals surface area contributed by atoms with Crippen LogP contribution in [0.25, 0.3) is 0 Å². The lowest BCUT2D eigenvalue weighted by molar-refractivity contribution is -0.138. The highest BCUT2D eigenvalue weighted by molar-refractivity contribution is 5.78. The molecule has 260 valence electrons. The van der Waals surface area contributed by atoms with Gasteiger partial charge in [-0.3, -0.25) is 4.79 Å². The van der Waals surface area contributed by atoms with Gasteiger partial charge in [-0.05, 0) is 66.8 Å². The van der Waals surface area contributed by atoms with Gasteiger partial charge in [-0.15, -0.1) is 0 Å². The molecule has 3 heterocycles. The number of urea groups is 1. The fourth-order valence-electron chi connectivity index (χ4n) is 5.60. The largest absolute Gasteiger partial charge is 0.488 e. The lowest BCUT2D eigenvalue weighted by Crippen LogP contribution is -2.36. The Morgan fingerprint density at radius 3 is 2.45 bits per heavy atom. The van der Waals surface area contributed by atoms with E-state index in [4.69, 9.17) is 23.9 Å². The average molecular weight is 659 g/mol. The van der Waals surface area contributed by atoms with Gasteiger partial charge in [-0.1, -0.05) is 32.9 Å². The molecular weight excluding hydrogens is 607 g/mol. The number of carboxylic acid groups (broad SMARTS) is 1. The number of aromatic nitrogens is 1. The summed E-state index contributed by atoms with van der Waals surface area (Å²) in [5, 5.41) is 13.0. The van der Waals surface area contributed by atoms with Crippen LogP contribution in [-0.4, -0.2) is 104 Å². The first-order valence-electron chi connectivity index (χ1n) is 16.8. The standard InChI is InChI=1S/C35H51FN4O7/c1-35(2,3)12-17-44-18-19-45-20-21-46-22-23-47-31-11-9-27(24-29(31)36)30(25-32(41)42)40-16-15-39(34(40)43)14-5-7-28-10-8-26-6-4-13-37-33(26)38-28/h8-11,24,30H,4-7,12-23,25H2,1-3H3,(H,37,38)(H,41,42)/t30-/m0/s1. The SMILES string of the molecule is CC(C)(C)CCOCCOCCOCCOc1ccc([C@H](CC(=O)O)N2CCN(CCCc3ccc4c(n3)NCCC4)C2=O)cc1F. The second-order valence-electron chi connectivity index (χ2n) is 13.2. The summed E-state index contributed by atoms with van der Waals surface area (Å²) < 4.78 is 37.2. The van der Waals surface area contributed by atoms with Crippen LogP contribution in [0.4, 0.5) is 15.0 Å². The van der Waals surface area contributed by atoms with Crippen molar-refractivity contribution in [3.8, 4) is 5.75 Å². The number of benzene rings is 1. The normalized spacial score (nSPS) is 15.4. The van der Waals surface area contributed by atoms with Gasteiger partial charge in [-0.2, -0.15) is 0 Å². The lowest BCUT2D eigenvalue weighted by Gasteiger charge is -2.27. The Morgan fingerprint density at radius 1 is 1.02 bits per heavy atom. The van der Waals surface area contributed by atoms with Crippen LogP contribution in [-0.2, 0) is 31.8 Å². The van der Waals surface area contributed by atoms with Crippen molar-refractivity contribution in [2.45, 2.75) is 65.3 Å². The molecular formula is C35H51FN4O7. The molecule has 1 aromatic heterocycles. The number of fused-ring (bicyclic) bond motifs is 1. The molecule has 1 aromatic carbocycles. The van der Waals surface area contributed by atoms with Gasteiger partial charge in [0.2, 0.25) is 0 Å². The molecule has 4 rings (SSSR count). The summed E-state index contributed by atoms with van der Waals surface area (Å²) in [6.45, 7) is 11.8. The van der Waals surface area contributed by atoms with Crippen molar-refractivity contribution in [3.05, 3.63) is 53.0 Å². The predicted octanol–water partition coefficient (Wildman–Crippen LogP) is 5.33. The number of hydrogen-bond acceptors (Lipinski definition) is 8. The number of carboxylic acids is 1. The van der Waals surface area contributed by atoms with E-state index >= 15 is 4.39 Å². The molecule has 0 radical (unpaired) electrons.